The van der Waals surface area contributed by atoms with Crippen LogP contribution < -0.4 is 4.74 Å². The van der Waals surface area contributed by atoms with E-state index in [1.807, 2.05) is 6.07 Å². The van der Waals surface area contributed by atoms with Gasteiger partial charge < -0.3 is 14.1 Å². The number of rotatable bonds is 5. The van der Waals surface area contributed by atoms with Crippen LogP contribution in [0.4, 0.5) is 0 Å². The van der Waals surface area contributed by atoms with Gasteiger partial charge in [-0.25, -0.2) is 4.98 Å². The van der Waals surface area contributed by atoms with Crippen LogP contribution in [0.15, 0.2) is 77.6 Å². The Morgan fingerprint density at radius 3 is 2.79 bits per heavy atom. The molecule has 4 heterocycles. The first-order valence-electron chi connectivity index (χ1n) is 13.5. The van der Waals surface area contributed by atoms with Crippen molar-refractivity contribution < 1.29 is 9.15 Å². The Bertz CT molecular complexity index is 1660. The van der Waals surface area contributed by atoms with E-state index in [-0.39, 0.29) is 0 Å². The molecule has 1 fully saturated rings. The number of nitrogens with one attached hydrogen (secondary N) is 2. The molecule has 0 unspecified atom stereocenters. The number of hydrogen-bond donors (Lipinski definition) is 2. The first-order chi connectivity index (χ1) is 18.7. The van der Waals surface area contributed by atoms with Crippen molar-refractivity contribution in [2.45, 2.75) is 51.6 Å². The summed E-state index contributed by atoms with van der Waals surface area (Å²) >= 11 is 0. The minimum Gasteiger partial charge on any atom is -0.490 e. The second-order valence-corrected chi connectivity index (χ2v) is 10.4. The maximum Gasteiger partial charge on any atom is 0.135 e. The maximum absolute atomic E-state index is 6.39. The highest BCUT2D eigenvalue weighted by Crippen LogP contribution is 2.35. The maximum atomic E-state index is 6.39. The average molecular weight is 503 g/mol. The highest BCUT2D eigenvalue weighted by Gasteiger charge is 2.20. The first kappa shape index (κ1) is 22.8. The summed E-state index contributed by atoms with van der Waals surface area (Å²) in [6.45, 7) is 2.12. The van der Waals surface area contributed by atoms with Crippen LogP contribution in [-0.2, 0) is 6.42 Å². The van der Waals surface area contributed by atoms with Crippen molar-refractivity contribution >= 4 is 16.6 Å². The number of nitrogens with zero attached hydrogens (tertiary/aromatic N) is 2. The van der Waals surface area contributed by atoms with Gasteiger partial charge in [-0.3, -0.25) is 5.10 Å². The van der Waals surface area contributed by atoms with Gasteiger partial charge in [0, 0.05) is 28.8 Å². The quantitative estimate of drug-likeness (QED) is 0.257. The van der Waals surface area contributed by atoms with Gasteiger partial charge in [-0.05, 0) is 86.2 Å². The molecule has 38 heavy (non-hydrogen) atoms. The predicted molar refractivity (Wildman–Crippen MR) is 150 cm³/mol. The predicted octanol–water partition coefficient (Wildman–Crippen LogP) is 7.78. The molecule has 5 aromatic rings. The van der Waals surface area contributed by atoms with Crippen molar-refractivity contribution in [1.82, 2.24) is 20.2 Å². The van der Waals surface area contributed by atoms with E-state index in [0.29, 0.717) is 6.10 Å². The van der Waals surface area contributed by atoms with Gasteiger partial charge >= 0.3 is 0 Å². The molecular formula is C32H30N4O2. The first-order valence-corrected chi connectivity index (χ1v) is 13.5. The van der Waals surface area contributed by atoms with Crippen LogP contribution in [0.25, 0.3) is 39.3 Å². The Morgan fingerprint density at radius 2 is 1.92 bits per heavy atom. The van der Waals surface area contributed by atoms with E-state index in [2.05, 4.69) is 76.7 Å². The second-order valence-electron chi connectivity index (χ2n) is 10.4. The summed E-state index contributed by atoms with van der Waals surface area (Å²) < 4.78 is 11.8. The summed E-state index contributed by atoms with van der Waals surface area (Å²) in [5.41, 5.74) is 11.1. The molecule has 2 aliphatic rings. The van der Waals surface area contributed by atoms with Gasteiger partial charge in [-0.1, -0.05) is 24.6 Å². The molecule has 0 spiro atoms. The Hall–Kier alpha value is -4.32. The van der Waals surface area contributed by atoms with Gasteiger partial charge in [-0.2, -0.15) is 5.10 Å². The SMILES string of the molecule is Cc1cc(OC2CCCCC2)cc(-c2ccc3[nH]nc(-c4cc5c([nH]4)CC=CC=C5c4ccoc4)c3n2)c1. The number of H-pyrrole nitrogens is 2. The van der Waals surface area contributed by atoms with Crippen LogP contribution in [0.3, 0.4) is 0 Å². The van der Waals surface area contributed by atoms with Gasteiger partial charge in [0.2, 0.25) is 0 Å². The number of aromatic amines is 2. The fraction of sp³-hybridized carbons (Fsp3) is 0.250. The molecule has 0 amide bonds. The molecule has 1 aromatic carbocycles. The number of fused-ring (bicyclic) bond motifs is 2. The second kappa shape index (κ2) is 9.53. The minimum absolute atomic E-state index is 0.313. The van der Waals surface area contributed by atoms with Gasteiger partial charge in [0.25, 0.3) is 0 Å². The molecule has 4 aromatic heterocycles. The van der Waals surface area contributed by atoms with Crippen LogP contribution in [0.5, 0.6) is 5.75 Å². The summed E-state index contributed by atoms with van der Waals surface area (Å²) in [6, 6.07) is 14.7. The van der Waals surface area contributed by atoms with Crippen molar-refractivity contribution in [2.24, 2.45) is 0 Å². The molecular weight excluding hydrogens is 472 g/mol. The van der Waals surface area contributed by atoms with E-state index in [4.69, 9.17) is 14.1 Å². The zero-order valence-electron chi connectivity index (χ0n) is 21.5. The molecule has 0 atom stereocenters. The van der Waals surface area contributed by atoms with Gasteiger partial charge in [0.15, 0.2) is 0 Å². The average Bonchev–Trinajstić information content (AvgIpc) is 3.67. The summed E-state index contributed by atoms with van der Waals surface area (Å²) in [7, 11) is 0. The molecule has 6 heteroatoms. The molecule has 7 rings (SSSR count). The summed E-state index contributed by atoms with van der Waals surface area (Å²) in [5, 5.41) is 7.84. The standard InChI is InChI=1S/C32H30N4O2/c1-20-15-22(17-24(16-20)38-23-7-3-2-4-8-23)27-11-12-29-31(34-27)32(36-35-29)30-18-26-25(21-13-14-37-19-21)9-5-6-10-28(26)33-30/h5-6,9,11-19,23,33H,2-4,7-8,10H2,1H3,(H,35,36). The van der Waals surface area contributed by atoms with Gasteiger partial charge in [0.05, 0.1) is 35.5 Å². The molecule has 2 aliphatic carbocycles. The fourth-order valence-corrected chi connectivity index (χ4v) is 5.72. The third kappa shape index (κ3) is 4.26. The zero-order valence-corrected chi connectivity index (χ0v) is 21.5. The smallest absolute Gasteiger partial charge is 0.135 e. The van der Waals surface area contributed by atoms with E-state index < -0.39 is 0 Å². The lowest BCUT2D eigenvalue weighted by Gasteiger charge is -2.23. The lowest BCUT2D eigenvalue weighted by Crippen LogP contribution is -2.19. The topological polar surface area (TPSA) is 79.7 Å². The highest BCUT2D eigenvalue weighted by molar-refractivity contribution is 5.92. The molecule has 0 saturated heterocycles. The van der Waals surface area contributed by atoms with Crippen LogP contribution in [0.1, 0.15) is 54.5 Å². The normalized spacial score (nSPS) is 15.9. The fourth-order valence-electron chi connectivity index (χ4n) is 5.72. The number of benzene rings is 1. The number of allylic oxidation sites excluding steroid dienone is 3. The Balaban J connectivity index is 1.25. The number of aromatic nitrogens is 4. The number of furan rings is 1. The largest absolute Gasteiger partial charge is 0.490 e. The summed E-state index contributed by atoms with van der Waals surface area (Å²) in [5.74, 6) is 0.931. The van der Waals surface area contributed by atoms with E-state index in [9.17, 15) is 0 Å². The van der Waals surface area contributed by atoms with E-state index >= 15 is 0 Å². The van der Waals surface area contributed by atoms with Crippen LogP contribution in [0.2, 0.25) is 0 Å². The van der Waals surface area contributed by atoms with E-state index in [1.165, 1.54) is 24.8 Å². The third-order valence-electron chi connectivity index (χ3n) is 7.61. The Labute approximate surface area is 221 Å². The zero-order chi connectivity index (χ0) is 25.5. The van der Waals surface area contributed by atoms with Crippen molar-refractivity contribution in [3.63, 3.8) is 0 Å². The van der Waals surface area contributed by atoms with E-state index in [1.54, 1.807) is 12.5 Å². The molecule has 2 N–H and O–H groups in total. The summed E-state index contributed by atoms with van der Waals surface area (Å²) in [4.78, 5) is 8.71. The number of ether oxygens (including phenoxy) is 1. The lowest BCUT2D eigenvalue weighted by molar-refractivity contribution is 0.155. The molecule has 0 radical (unpaired) electrons. The van der Waals surface area contributed by atoms with Crippen LogP contribution in [0, 0.1) is 6.92 Å². The highest BCUT2D eigenvalue weighted by atomic mass is 16.5. The van der Waals surface area contributed by atoms with Gasteiger partial charge in [-0.15, -0.1) is 0 Å². The number of aryl methyl sites for hydroxylation is 1. The number of pyridine rings is 1. The van der Waals surface area contributed by atoms with Gasteiger partial charge in [0.1, 0.15) is 17.0 Å². The lowest BCUT2D eigenvalue weighted by atomic mass is 9.97. The molecule has 6 nitrogen and oxygen atoms in total. The van der Waals surface area contributed by atoms with Crippen molar-refractivity contribution in [2.75, 3.05) is 0 Å². The minimum atomic E-state index is 0.313. The van der Waals surface area contributed by atoms with Crippen LogP contribution >= 0.6 is 0 Å². The number of hydrogen-bond acceptors (Lipinski definition) is 4. The van der Waals surface area contributed by atoms with E-state index in [0.717, 1.165) is 81.1 Å². The van der Waals surface area contributed by atoms with Crippen molar-refractivity contribution in [3.8, 4) is 28.4 Å². The van der Waals surface area contributed by atoms with Crippen molar-refractivity contribution in [3.05, 3.63) is 95.6 Å². The monoisotopic (exact) mass is 502 g/mol. The van der Waals surface area contributed by atoms with Crippen molar-refractivity contribution in [1.29, 1.82) is 0 Å². The molecule has 1 saturated carbocycles. The third-order valence-corrected chi connectivity index (χ3v) is 7.61. The van der Waals surface area contributed by atoms with Crippen LogP contribution in [-0.4, -0.2) is 26.3 Å². The molecule has 190 valence electrons. The summed E-state index contributed by atoms with van der Waals surface area (Å²) in [6.07, 6.45) is 17.1. The molecule has 0 aliphatic heterocycles. The Kier molecular flexibility index (Phi) is 5.73. The Morgan fingerprint density at radius 1 is 1.00 bits per heavy atom. The molecule has 0 bridgehead atoms.